The molecule has 0 saturated carbocycles. The van der Waals surface area contributed by atoms with Crippen molar-refractivity contribution in [1.29, 1.82) is 0 Å². The Morgan fingerprint density at radius 3 is 2.71 bits per heavy atom. The number of piperidine rings is 1. The Morgan fingerprint density at radius 2 is 2.05 bits per heavy atom. The van der Waals surface area contributed by atoms with E-state index in [1.165, 1.54) is 50.1 Å². The van der Waals surface area contributed by atoms with Crippen LogP contribution in [0.5, 0.6) is 0 Å². The van der Waals surface area contributed by atoms with E-state index in [1.807, 2.05) is 6.20 Å². The van der Waals surface area contributed by atoms with Crippen molar-refractivity contribution in [3.8, 4) is 0 Å². The Morgan fingerprint density at radius 1 is 1.29 bits per heavy atom. The molecule has 0 aromatic carbocycles. The van der Waals surface area contributed by atoms with E-state index in [2.05, 4.69) is 22.1 Å². The molecular weight excluding hydrogens is 282 g/mol. The van der Waals surface area contributed by atoms with Crippen molar-refractivity contribution >= 4 is 11.3 Å². The molecule has 21 heavy (non-hydrogen) atoms. The molecule has 1 aromatic rings. The van der Waals surface area contributed by atoms with Crippen LogP contribution in [0.3, 0.4) is 0 Å². The highest BCUT2D eigenvalue weighted by Gasteiger charge is 2.38. The summed E-state index contributed by atoms with van der Waals surface area (Å²) in [6, 6.07) is 0. The summed E-state index contributed by atoms with van der Waals surface area (Å²) >= 11 is 1.80. The molecular formula is C16H27N3OS. The van der Waals surface area contributed by atoms with Crippen molar-refractivity contribution in [3.05, 3.63) is 16.1 Å². The Balaban J connectivity index is 1.59. The van der Waals surface area contributed by atoms with Crippen molar-refractivity contribution in [2.75, 3.05) is 32.8 Å². The molecule has 0 bridgehead atoms. The fourth-order valence-electron chi connectivity index (χ4n) is 3.63. The number of ether oxygens (including phenoxy) is 1. The van der Waals surface area contributed by atoms with Crippen molar-refractivity contribution in [2.45, 2.75) is 51.1 Å². The Labute approximate surface area is 131 Å². The van der Waals surface area contributed by atoms with Gasteiger partial charge >= 0.3 is 0 Å². The summed E-state index contributed by atoms with van der Waals surface area (Å²) in [5.74, 6) is 0. The zero-order valence-corrected chi connectivity index (χ0v) is 13.9. The molecule has 3 heterocycles. The van der Waals surface area contributed by atoms with Gasteiger partial charge < -0.3 is 10.1 Å². The number of likely N-dealkylation sites (tertiary alicyclic amines) is 1. The van der Waals surface area contributed by atoms with Crippen molar-refractivity contribution in [3.63, 3.8) is 0 Å². The van der Waals surface area contributed by atoms with Gasteiger partial charge in [-0.15, -0.1) is 11.3 Å². The molecule has 4 nitrogen and oxygen atoms in total. The predicted octanol–water partition coefficient (Wildman–Crippen LogP) is 2.58. The summed E-state index contributed by atoms with van der Waals surface area (Å²) in [4.78, 5) is 8.42. The van der Waals surface area contributed by atoms with E-state index in [1.54, 1.807) is 11.3 Å². The second kappa shape index (κ2) is 7.18. The van der Waals surface area contributed by atoms with Gasteiger partial charge in [-0.1, -0.05) is 6.42 Å². The zero-order valence-electron chi connectivity index (χ0n) is 13.1. The summed E-state index contributed by atoms with van der Waals surface area (Å²) in [7, 11) is 0. The molecule has 0 amide bonds. The molecule has 2 aliphatic heterocycles. The molecule has 3 rings (SSSR count). The van der Waals surface area contributed by atoms with Gasteiger partial charge in [0, 0.05) is 42.9 Å². The van der Waals surface area contributed by atoms with Crippen molar-refractivity contribution < 1.29 is 4.74 Å². The van der Waals surface area contributed by atoms with E-state index < -0.39 is 0 Å². The van der Waals surface area contributed by atoms with Gasteiger partial charge in [0.25, 0.3) is 0 Å². The summed E-state index contributed by atoms with van der Waals surface area (Å²) < 4.78 is 5.62. The first kappa shape index (κ1) is 15.4. The number of hydrogen-bond acceptors (Lipinski definition) is 5. The standard InChI is InChI=1S/C16H27N3OS/c1-14-18-12-15(21-14)11-17-13-16(5-9-20-10-6-16)19-7-3-2-4-8-19/h12,17H,2-11,13H2,1H3. The molecule has 2 saturated heterocycles. The van der Waals surface area contributed by atoms with E-state index in [-0.39, 0.29) is 0 Å². The number of hydrogen-bond donors (Lipinski definition) is 1. The fraction of sp³-hybridized carbons (Fsp3) is 0.812. The van der Waals surface area contributed by atoms with Gasteiger partial charge in [0.1, 0.15) is 0 Å². The van der Waals surface area contributed by atoms with Crippen LogP contribution in [0.15, 0.2) is 6.20 Å². The maximum absolute atomic E-state index is 5.62. The summed E-state index contributed by atoms with van der Waals surface area (Å²) in [6.07, 6.45) is 8.46. The number of nitrogens with zero attached hydrogens (tertiary/aromatic N) is 2. The van der Waals surface area contributed by atoms with E-state index in [9.17, 15) is 0 Å². The maximum atomic E-state index is 5.62. The molecule has 0 unspecified atom stereocenters. The van der Waals surface area contributed by atoms with Crippen LogP contribution in [-0.2, 0) is 11.3 Å². The largest absolute Gasteiger partial charge is 0.381 e. The molecule has 2 fully saturated rings. The minimum atomic E-state index is 0.318. The summed E-state index contributed by atoms with van der Waals surface area (Å²) in [5.41, 5.74) is 0.318. The first-order chi connectivity index (χ1) is 10.3. The van der Waals surface area contributed by atoms with Gasteiger partial charge in [0.2, 0.25) is 0 Å². The molecule has 1 N–H and O–H groups in total. The van der Waals surface area contributed by atoms with E-state index in [0.29, 0.717) is 5.54 Å². The van der Waals surface area contributed by atoms with Gasteiger partial charge in [0.05, 0.1) is 5.01 Å². The smallest absolute Gasteiger partial charge is 0.0897 e. The van der Waals surface area contributed by atoms with E-state index in [4.69, 9.17) is 4.74 Å². The summed E-state index contributed by atoms with van der Waals surface area (Å²) in [5, 5.41) is 4.85. The van der Waals surface area contributed by atoms with Gasteiger partial charge in [-0.2, -0.15) is 0 Å². The molecule has 5 heteroatoms. The van der Waals surface area contributed by atoms with Gasteiger partial charge in [0.15, 0.2) is 0 Å². The van der Waals surface area contributed by atoms with Crippen molar-refractivity contribution in [1.82, 2.24) is 15.2 Å². The van der Waals surface area contributed by atoms with Crippen LogP contribution in [0.4, 0.5) is 0 Å². The topological polar surface area (TPSA) is 37.4 Å². The minimum absolute atomic E-state index is 0.318. The third-order valence-electron chi connectivity index (χ3n) is 4.87. The average Bonchev–Trinajstić information content (AvgIpc) is 2.95. The second-order valence-corrected chi connectivity index (χ2v) is 7.65. The van der Waals surface area contributed by atoms with Crippen LogP contribution in [-0.4, -0.2) is 48.3 Å². The summed E-state index contributed by atoms with van der Waals surface area (Å²) in [6.45, 7) is 8.45. The Bertz CT molecular complexity index is 436. The highest BCUT2D eigenvalue weighted by Crippen LogP contribution is 2.30. The first-order valence-corrected chi connectivity index (χ1v) is 9.05. The lowest BCUT2D eigenvalue weighted by molar-refractivity contribution is -0.0357. The van der Waals surface area contributed by atoms with Gasteiger partial charge in [-0.25, -0.2) is 4.98 Å². The normalized spacial score (nSPS) is 23.3. The quantitative estimate of drug-likeness (QED) is 0.907. The molecule has 0 aliphatic carbocycles. The van der Waals surface area contributed by atoms with Crippen LogP contribution in [0.2, 0.25) is 0 Å². The number of rotatable bonds is 5. The zero-order chi connectivity index (χ0) is 14.5. The maximum Gasteiger partial charge on any atom is 0.0897 e. The first-order valence-electron chi connectivity index (χ1n) is 8.23. The molecule has 2 aliphatic rings. The van der Waals surface area contributed by atoms with Crippen LogP contribution < -0.4 is 5.32 Å². The molecule has 0 atom stereocenters. The minimum Gasteiger partial charge on any atom is -0.381 e. The monoisotopic (exact) mass is 309 g/mol. The molecule has 118 valence electrons. The van der Waals surface area contributed by atoms with Crippen molar-refractivity contribution in [2.24, 2.45) is 0 Å². The SMILES string of the molecule is Cc1ncc(CNCC2(N3CCCCC3)CCOCC2)s1. The Kier molecular flexibility index (Phi) is 5.27. The lowest BCUT2D eigenvalue weighted by Gasteiger charge is -2.48. The highest BCUT2D eigenvalue weighted by molar-refractivity contribution is 7.11. The lowest BCUT2D eigenvalue weighted by Crippen LogP contribution is -2.59. The van der Waals surface area contributed by atoms with E-state index >= 15 is 0 Å². The third kappa shape index (κ3) is 3.83. The molecule has 0 radical (unpaired) electrons. The Hall–Kier alpha value is -0.490. The fourth-order valence-corrected chi connectivity index (χ4v) is 4.39. The van der Waals surface area contributed by atoms with Gasteiger partial charge in [-0.3, -0.25) is 4.90 Å². The van der Waals surface area contributed by atoms with Gasteiger partial charge in [-0.05, 0) is 45.7 Å². The second-order valence-electron chi connectivity index (χ2n) is 6.33. The number of nitrogens with one attached hydrogen (secondary N) is 1. The van der Waals surface area contributed by atoms with Crippen LogP contribution in [0.1, 0.15) is 42.0 Å². The highest BCUT2D eigenvalue weighted by atomic mass is 32.1. The van der Waals surface area contributed by atoms with Crippen LogP contribution >= 0.6 is 11.3 Å². The van der Waals surface area contributed by atoms with Crippen LogP contribution in [0.25, 0.3) is 0 Å². The number of aromatic nitrogens is 1. The number of aryl methyl sites for hydroxylation is 1. The molecule has 1 aromatic heterocycles. The average molecular weight is 309 g/mol. The predicted molar refractivity (Wildman–Crippen MR) is 86.8 cm³/mol. The van der Waals surface area contributed by atoms with Crippen LogP contribution in [0, 0.1) is 6.92 Å². The third-order valence-corrected chi connectivity index (χ3v) is 5.79. The lowest BCUT2D eigenvalue weighted by atomic mass is 9.86. The van der Waals surface area contributed by atoms with E-state index in [0.717, 1.165) is 31.3 Å². The molecule has 0 spiro atoms. The number of thiazole rings is 1.